The second-order valence-electron chi connectivity index (χ2n) is 4.02. The van der Waals surface area contributed by atoms with Gasteiger partial charge in [-0.15, -0.1) is 0 Å². The minimum absolute atomic E-state index is 0.221. The highest BCUT2D eigenvalue weighted by molar-refractivity contribution is 5.74. The van der Waals surface area contributed by atoms with E-state index in [0.29, 0.717) is 39.3 Å². The number of hydrogen-bond acceptors (Lipinski definition) is 3. The highest BCUT2D eigenvalue weighted by atomic mass is 19.1. The number of carbonyl (C=O) groups is 1. The number of nitrogens with one attached hydrogen (secondary N) is 1. The number of urea groups is 1. The average Bonchev–Trinajstić information content (AvgIpc) is 2.33. The van der Waals surface area contributed by atoms with Gasteiger partial charge in [0.25, 0.3) is 0 Å². The zero-order valence-corrected chi connectivity index (χ0v) is 9.15. The second kappa shape index (κ2) is 5.45. The lowest BCUT2D eigenvalue weighted by Gasteiger charge is -2.31. The zero-order chi connectivity index (χ0) is 11.4. The average molecular weight is 232 g/mol. The van der Waals surface area contributed by atoms with E-state index in [0.717, 1.165) is 6.42 Å². The van der Waals surface area contributed by atoms with E-state index in [1.807, 2.05) is 0 Å². The molecule has 0 bridgehead atoms. The molecule has 2 fully saturated rings. The maximum atomic E-state index is 13.3. The Kier molecular flexibility index (Phi) is 3.95. The van der Waals surface area contributed by atoms with E-state index in [-0.39, 0.29) is 6.03 Å². The fourth-order valence-electron chi connectivity index (χ4n) is 1.90. The molecule has 2 aliphatic rings. The molecule has 1 N–H and O–H groups in total. The number of hydrogen-bond donors (Lipinski definition) is 1. The van der Waals surface area contributed by atoms with Gasteiger partial charge >= 0.3 is 6.03 Å². The van der Waals surface area contributed by atoms with Crippen LogP contribution in [0, 0.1) is 0 Å². The first-order valence-electron chi connectivity index (χ1n) is 5.66. The molecule has 5 nitrogen and oxygen atoms in total. The lowest BCUT2D eigenvalue weighted by Crippen LogP contribution is -2.52. The minimum atomic E-state index is -1.38. The number of alkyl halides is 1. The van der Waals surface area contributed by atoms with Crippen LogP contribution in [0.3, 0.4) is 0 Å². The first-order valence-corrected chi connectivity index (χ1v) is 5.66. The van der Waals surface area contributed by atoms with Gasteiger partial charge in [0.15, 0.2) is 0 Å². The molecule has 0 aromatic carbocycles. The molecule has 2 saturated heterocycles. The summed E-state index contributed by atoms with van der Waals surface area (Å²) in [7, 11) is 0. The Hall–Kier alpha value is -0.880. The molecule has 2 rings (SSSR count). The summed E-state index contributed by atoms with van der Waals surface area (Å²) in [6.07, 6.45) is 0.0462. The number of morpholine rings is 1. The van der Waals surface area contributed by atoms with Crippen molar-refractivity contribution in [2.75, 3.05) is 32.9 Å². The molecule has 0 aromatic rings. The van der Waals surface area contributed by atoms with Gasteiger partial charge in [-0.1, -0.05) is 0 Å². The molecule has 16 heavy (non-hydrogen) atoms. The maximum Gasteiger partial charge on any atom is 0.317 e. The van der Waals surface area contributed by atoms with Gasteiger partial charge in [-0.05, 0) is 12.8 Å². The summed E-state index contributed by atoms with van der Waals surface area (Å²) in [6, 6.07) is -0.731. The summed E-state index contributed by atoms with van der Waals surface area (Å²) < 4.78 is 23.3. The Bertz CT molecular complexity index is 246. The van der Waals surface area contributed by atoms with Crippen LogP contribution < -0.4 is 5.32 Å². The molecule has 2 atom stereocenters. The number of amides is 2. The van der Waals surface area contributed by atoms with Crippen LogP contribution in [0.1, 0.15) is 12.8 Å². The Morgan fingerprint density at radius 3 is 2.75 bits per heavy atom. The van der Waals surface area contributed by atoms with Gasteiger partial charge in [0.1, 0.15) is 0 Å². The third-order valence-corrected chi connectivity index (χ3v) is 2.86. The second-order valence-corrected chi connectivity index (χ2v) is 4.02. The van der Waals surface area contributed by atoms with E-state index >= 15 is 0 Å². The van der Waals surface area contributed by atoms with Crippen LogP contribution in [0.2, 0.25) is 0 Å². The van der Waals surface area contributed by atoms with Crippen molar-refractivity contribution in [2.24, 2.45) is 0 Å². The Morgan fingerprint density at radius 1 is 1.31 bits per heavy atom. The lowest BCUT2D eigenvalue weighted by atomic mass is 10.1. The molecular formula is C10H17FN2O3. The summed E-state index contributed by atoms with van der Waals surface area (Å²) in [6.45, 7) is 2.67. The molecule has 6 heteroatoms. The predicted octanol–water partition coefficient (Wildman–Crippen LogP) is 0.503. The summed E-state index contributed by atoms with van der Waals surface area (Å²) in [5.41, 5.74) is 0. The summed E-state index contributed by atoms with van der Waals surface area (Å²) in [5.74, 6) is 0. The van der Waals surface area contributed by atoms with Crippen molar-refractivity contribution < 1.29 is 18.7 Å². The largest absolute Gasteiger partial charge is 0.378 e. The van der Waals surface area contributed by atoms with E-state index in [1.165, 1.54) is 0 Å². The smallest absolute Gasteiger partial charge is 0.317 e. The van der Waals surface area contributed by atoms with Crippen molar-refractivity contribution in [3.05, 3.63) is 0 Å². The van der Waals surface area contributed by atoms with Crippen molar-refractivity contribution in [2.45, 2.75) is 25.2 Å². The summed E-state index contributed by atoms with van der Waals surface area (Å²) >= 11 is 0. The monoisotopic (exact) mass is 232 g/mol. The summed E-state index contributed by atoms with van der Waals surface area (Å²) in [4.78, 5) is 13.4. The standard InChI is InChI=1S/C10H17FN2O3/c11-9-8(2-1-5-16-9)12-10(14)13-3-6-15-7-4-13/h8-9H,1-7H2,(H,12,14). The van der Waals surface area contributed by atoms with Crippen LogP contribution in [0.25, 0.3) is 0 Å². The Morgan fingerprint density at radius 2 is 2.06 bits per heavy atom. The van der Waals surface area contributed by atoms with Gasteiger partial charge in [0.05, 0.1) is 25.9 Å². The number of rotatable bonds is 1. The lowest BCUT2D eigenvalue weighted by molar-refractivity contribution is -0.0875. The predicted molar refractivity (Wildman–Crippen MR) is 54.8 cm³/mol. The molecular weight excluding hydrogens is 215 g/mol. The third-order valence-electron chi connectivity index (χ3n) is 2.86. The molecule has 2 heterocycles. The van der Waals surface area contributed by atoms with Gasteiger partial charge in [-0.25, -0.2) is 9.18 Å². The van der Waals surface area contributed by atoms with Gasteiger partial charge < -0.3 is 19.7 Å². The maximum absolute atomic E-state index is 13.3. The quantitative estimate of drug-likeness (QED) is 0.716. The minimum Gasteiger partial charge on any atom is -0.378 e. The van der Waals surface area contributed by atoms with E-state index in [9.17, 15) is 9.18 Å². The molecule has 2 unspecified atom stereocenters. The first kappa shape index (κ1) is 11.6. The van der Waals surface area contributed by atoms with E-state index in [2.05, 4.69) is 5.32 Å². The summed E-state index contributed by atoms with van der Waals surface area (Å²) in [5, 5.41) is 2.67. The van der Waals surface area contributed by atoms with E-state index < -0.39 is 12.4 Å². The van der Waals surface area contributed by atoms with E-state index in [1.54, 1.807) is 4.90 Å². The SMILES string of the molecule is O=C(NC1CCCOC1F)N1CCOCC1. The number of nitrogens with zero attached hydrogens (tertiary/aromatic N) is 1. The highest BCUT2D eigenvalue weighted by Crippen LogP contribution is 2.15. The van der Waals surface area contributed by atoms with Crippen LogP contribution in [-0.2, 0) is 9.47 Å². The normalized spacial score (nSPS) is 31.2. The van der Waals surface area contributed by atoms with Crippen LogP contribution in [0.5, 0.6) is 0 Å². The van der Waals surface area contributed by atoms with E-state index in [4.69, 9.17) is 9.47 Å². The van der Waals surface area contributed by atoms with Crippen LogP contribution >= 0.6 is 0 Å². The zero-order valence-electron chi connectivity index (χ0n) is 9.15. The van der Waals surface area contributed by atoms with Crippen molar-refractivity contribution in [1.82, 2.24) is 10.2 Å². The third kappa shape index (κ3) is 2.82. The van der Waals surface area contributed by atoms with Crippen molar-refractivity contribution in [3.8, 4) is 0 Å². The van der Waals surface area contributed by atoms with Crippen LogP contribution in [-0.4, -0.2) is 56.2 Å². The molecule has 2 amide bonds. The number of ether oxygens (including phenoxy) is 2. The van der Waals surface area contributed by atoms with Crippen molar-refractivity contribution in [3.63, 3.8) is 0 Å². The molecule has 0 radical (unpaired) electrons. The first-order chi connectivity index (χ1) is 7.77. The van der Waals surface area contributed by atoms with Crippen LogP contribution in [0.15, 0.2) is 0 Å². The van der Waals surface area contributed by atoms with Crippen LogP contribution in [0.4, 0.5) is 9.18 Å². The molecule has 0 aromatic heterocycles. The fourth-order valence-corrected chi connectivity index (χ4v) is 1.90. The van der Waals surface area contributed by atoms with Crippen molar-refractivity contribution in [1.29, 1.82) is 0 Å². The Balaban J connectivity index is 1.80. The molecule has 0 aliphatic carbocycles. The number of carbonyl (C=O) groups excluding carboxylic acids is 1. The van der Waals surface area contributed by atoms with Gasteiger partial charge in [-0.2, -0.15) is 0 Å². The van der Waals surface area contributed by atoms with Crippen molar-refractivity contribution >= 4 is 6.03 Å². The van der Waals surface area contributed by atoms with Gasteiger partial charge in [-0.3, -0.25) is 0 Å². The molecule has 0 spiro atoms. The number of halogens is 1. The van der Waals surface area contributed by atoms with Gasteiger partial charge in [0.2, 0.25) is 6.36 Å². The van der Waals surface area contributed by atoms with Gasteiger partial charge in [0, 0.05) is 13.1 Å². The molecule has 0 saturated carbocycles. The topological polar surface area (TPSA) is 50.8 Å². The molecule has 92 valence electrons. The molecule has 2 aliphatic heterocycles. The Labute approximate surface area is 93.9 Å². The fraction of sp³-hybridized carbons (Fsp3) is 0.900. The highest BCUT2D eigenvalue weighted by Gasteiger charge is 2.28.